The van der Waals surface area contributed by atoms with Gasteiger partial charge in [-0.3, -0.25) is 0 Å². The minimum absolute atomic E-state index is 0.440. The van der Waals surface area contributed by atoms with Crippen molar-refractivity contribution in [1.82, 2.24) is 4.98 Å². The number of aromatic amines is 1. The number of rotatable bonds is 7. The molecule has 1 aliphatic rings. The second-order valence-corrected chi connectivity index (χ2v) is 7.56. The van der Waals surface area contributed by atoms with Crippen LogP contribution in [0.5, 0.6) is 5.75 Å². The average molecular weight is 451 g/mol. The van der Waals surface area contributed by atoms with Crippen molar-refractivity contribution in [3.63, 3.8) is 0 Å². The maximum atomic E-state index is 13.8. The topological polar surface area (TPSA) is 28.0 Å². The molecule has 164 valence electrons. The summed E-state index contributed by atoms with van der Waals surface area (Å²) in [6.45, 7) is 6.53. The molecule has 3 aromatic rings. The molecule has 4 rings (SSSR count). The van der Waals surface area contributed by atoms with E-state index < -0.39 is 7.40 Å². The second kappa shape index (κ2) is 11.4. The zero-order valence-electron chi connectivity index (χ0n) is 18.4. The Balaban J connectivity index is 0.00000141. The van der Waals surface area contributed by atoms with E-state index in [-0.39, 0.29) is 0 Å². The minimum Gasteiger partial charge on any atom is -0.494 e. The van der Waals surface area contributed by atoms with Crippen LogP contribution in [-0.4, -0.2) is 29.2 Å². The number of ether oxygens (including phenoxy) is 1. The van der Waals surface area contributed by atoms with Gasteiger partial charge in [0.1, 0.15) is 5.75 Å². The Morgan fingerprint density at radius 2 is 1.81 bits per heavy atom. The number of halogens is 2. The van der Waals surface area contributed by atoms with E-state index in [1.165, 1.54) is 0 Å². The van der Waals surface area contributed by atoms with Gasteiger partial charge < -0.3 is 9.72 Å². The van der Waals surface area contributed by atoms with Crippen LogP contribution in [0.25, 0.3) is 22.7 Å². The van der Waals surface area contributed by atoms with Crippen LogP contribution in [0.15, 0.2) is 77.8 Å². The highest BCUT2D eigenvalue weighted by Crippen LogP contribution is 2.25. The van der Waals surface area contributed by atoms with Gasteiger partial charge in [0.2, 0.25) is 0 Å². The molecule has 0 radical (unpaired) electrons. The van der Waals surface area contributed by atoms with Gasteiger partial charge >= 0.3 is 7.40 Å². The van der Waals surface area contributed by atoms with Gasteiger partial charge in [-0.1, -0.05) is 32.0 Å². The van der Waals surface area contributed by atoms with Crippen LogP contribution < -0.4 is 4.74 Å². The zero-order chi connectivity index (χ0) is 22.9. The molecule has 1 N–H and O–H groups in total. The van der Waals surface area contributed by atoms with Crippen molar-refractivity contribution in [3.8, 4) is 16.3 Å². The molecule has 32 heavy (non-hydrogen) atoms. The van der Waals surface area contributed by atoms with Crippen LogP contribution in [0, 0.1) is 0 Å². The summed E-state index contributed by atoms with van der Waals surface area (Å²) >= 11 is 1.63. The predicted octanol–water partition coefficient (Wildman–Crippen LogP) is 7.17. The molecule has 0 spiro atoms. The molecule has 0 aliphatic carbocycles. The normalized spacial score (nSPS) is 14.2. The van der Waals surface area contributed by atoms with E-state index in [0.717, 1.165) is 32.1 Å². The molecule has 2 aromatic heterocycles. The number of H-pyrrole nitrogens is 1. The van der Waals surface area contributed by atoms with Crippen LogP contribution in [0.3, 0.4) is 0 Å². The lowest BCUT2D eigenvalue weighted by Gasteiger charge is -2.02. The number of nitrogens with zero attached hydrogens (tertiary/aromatic N) is 1. The van der Waals surface area contributed by atoms with Crippen molar-refractivity contribution in [2.24, 2.45) is 0 Å². The van der Waals surface area contributed by atoms with E-state index in [1.807, 2.05) is 80.8 Å². The Hall–Kier alpha value is -3.19. The Morgan fingerprint density at radius 1 is 1.03 bits per heavy atom. The van der Waals surface area contributed by atoms with Crippen LogP contribution in [0.4, 0.5) is 8.63 Å². The number of hydrogen-bond donors (Lipinski definition) is 1. The quantitative estimate of drug-likeness (QED) is 0.379. The summed E-state index contributed by atoms with van der Waals surface area (Å²) in [6, 6.07) is 15.4. The molecule has 0 bridgehead atoms. The maximum absolute atomic E-state index is 13.8. The minimum atomic E-state index is -2.64. The third-order valence-corrected chi connectivity index (χ3v) is 5.52. The number of nitrogens with one attached hydrogen (secondary N) is 1. The molecule has 3 heterocycles. The maximum Gasteiger partial charge on any atom is 0.935 e. The second-order valence-electron chi connectivity index (χ2n) is 6.62. The van der Waals surface area contributed by atoms with Crippen molar-refractivity contribution >= 4 is 36.6 Å². The first-order valence-electron chi connectivity index (χ1n) is 10.6. The van der Waals surface area contributed by atoms with Gasteiger partial charge in [-0.15, -0.1) is 11.3 Å². The van der Waals surface area contributed by atoms with Crippen LogP contribution in [0.1, 0.15) is 32.0 Å². The van der Waals surface area contributed by atoms with Crippen LogP contribution >= 0.6 is 11.3 Å². The van der Waals surface area contributed by atoms with Crippen molar-refractivity contribution in [2.45, 2.75) is 20.8 Å². The first kappa shape index (κ1) is 23.5. The molecule has 1 aliphatic heterocycles. The first-order valence-corrected chi connectivity index (χ1v) is 11.5. The van der Waals surface area contributed by atoms with Crippen molar-refractivity contribution in [2.75, 3.05) is 6.61 Å². The summed E-state index contributed by atoms with van der Waals surface area (Å²) in [7, 11) is -2.64. The van der Waals surface area contributed by atoms with Crippen molar-refractivity contribution < 1.29 is 17.9 Å². The van der Waals surface area contributed by atoms with Crippen LogP contribution in [-0.2, 0) is 0 Å². The van der Waals surface area contributed by atoms with E-state index in [0.29, 0.717) is 18.0 Å². The van der Waals surface area contributed by atoms with Gasteiger partial charge in [-0.25, -0.2) is 13.1 Å². The molecule has 3 nitrogen and oxygen atoms in total. The van der Waals surface area contributed by atoms with Crippen LogP contribution in [0.2, 0.25) is 0 Å². The van der Waals surface area contributed by atoms with Gasteiger partial charge in [0.25, 0.3) is 0 Å². The SMILES string of the molecule is CC.CCOc1ccc(/C=C/C2=[N+](B(F)F)C(=C\c3ccc(-c4cccs4)[nH]3)/C=C2)cc1. The monoisotopic (exact) mass is 451 g/mol. The molecule has 1 aromatic carbocycles. The summed E-state index contributed by atoms with van der Waals surface area (Å²) in [6.07, 6.45) is 8.65. The molecule has 0 fully saturated rings. The van der Waals surface area contributed by atoms with Gasteiger partial charge in [0.05, 0.1) is 17.2 Å². The fourth-order valence-electron chi connectivity index (χ4n) is 3.21. The Bertz CT molecular complexity index is 1130. The molecule has 0 unspecified atom stereocenters. The number of benzene rings is 1. The molecular formula is C25H26BF2N2OS+. The molecule has 0 saturated carbocycles. The highest BCUT2D eigenvalue weighted by Gasteiger charge is 2.41. The summed E-state index contributed by atoms with van der Waals surface area (Å²) in [4.78, 5) is 4.39. The largest absolute Gasteiger partial charge is 0.935 e. The Kier molecular flexibility index (Phi) is 8.39. The summed E-state index contributed by atoms with van der Waals surface area (Å²) in [5.41, 5.74) is 3.55. The predicted molar refractivity (Wildman–Crippen MR) is 132 cm³/mol. The fraction of sp³-hybridized carbons (Fsp3) is 0.160. The molecular weight excluding hydrogens is 425 g/mol. The smallest absolute Gasteiger partial charge is 0.494 e. The van der Waals surface area contributed by atoms with E-state index >= 15 is 0 Å². The van der Waals surface area contributed by atoms with Gasteiger partial charge in [0, 0.05) is 30.0 Å². The number of aromatic nitrogens is 1. The Morgan fingerprint density at radius 3 is 2.47 bits per heavy atom. The summed E-state index contributed by atoms with van der Waals surface area (Å²) in [5, 5.41) is 2.00. The molecule has 0 atom stereocenters. The number of thiophene rings is 1. The van der Waals surface area contributed by atoms with Crippen molar-refractivity contribution in [3.05, 3.63) is 89.1 Å². The molecule has 0 saturated heterocycles. The lowest BCUT2D eigenvalue weighted by atomic mass is 10.1. The fourth-order valence-corrected chi connectivity index (χ4v) is 3.92. The van der Waals surface area contributed by atoms with Gasteiger partial charge in [-0.05, 0) is 54.3 Å². The van der Waals surface area contributed by atoms with Crippen molar-refractivity contribution in [1.29, 1.82) is 0 Å². The lowest BCUT2D eigenvalue weighted by Crippen LogP contribution is -2.23. The first-order chi connectivity index (χ1) is 15.6. The molecule has 7 heteroatoms. The summed E-state index contributed by atoms with van der Waals surface area (Å²) < 4.78 is 34.1. The highest BCUT2D eigenvalue weighted by atomic mass is 32.1. The third kappa shape index (κ3) is 5.74. The highest BCUT2D eigenvalue weighted by molar-refractivity contribution is 7.13. The van der Waals surface area contributed by atoms with E-state index in [4.69, 9.17) is 4.74 Å². The number of hydrogen-bond acceptors (Lipinski definition) is 2. The standard InChI is InChI=1S/C23H19BF2N2OS.C2H6/c1-2-29-21-12-6-17(7-13-21)5-9-19-10-11-20(28(19)24(25)26)16-18-8-14-22(27-18)23-4-3-15-30-23;1-2/h3-16H,2H2,1H3;1-2H3/p+1/b9-5+;. The van der Waals surface area contributed by atoms with Gasteiger partial charge in [-0.2, -0.15) is 0 Å². The molecule has 0 amide bonds. The lowest BCUT2D eigenvalue weighted by molar-refractivity contribution is -0.339. The van der Waals surface area contributed by atoms with E-state index in [2.05, 4.69) is 4.98 Å². The van der Waals surface area contributed by atoms with Gasteiger partial charge in [0.15, 0.2) is 11.4 Å². The van der Waals surface area contributed by atoms with E-state index in [1.54, 1.807) is 35.6 Å². The summed E-state index contributed by atoms with van der Waals surface area (Å²) in [5.74, 6) is 0.787. The number of allylic oxidation sites excluding steroid dienone is 3. The zero-order valence-corrected chi connectivity index (χ0v) is 19.2. The van der Waals surface area contributed by atoms with E-state index in [9.17, 15) is 8.63 Å². The third-order valence-electron chi connectivity index (χ3n) is 4.61. The Labute approximate surface area is 192 Å². The average Bonchev–Trinajstić information content (AvgIpc) is 3.56.